The molecule has 1 aromatic heterocycles. The molecule has 3 fully saturated rings. The number of rotatable bonds is 3. The van der Waals surface area contributed by atoms with Crippen LogP contribution in [0.4, 0.5) is 0 Å². The van der Waals surface area contributed by atoms with Crippen LogP contribution in [-0.4, -0.2) is 38.7 Å². The van der Waals surface area contributed by atoms with Crippen LogP contribution in [0, 0.1) is 11.3 Å². The number of aromatic nitrogens is 3. The van der Waals surface area contributed by atoms with Crippen LogP contribution >= 0.6 is 0 Å². The summed E-state index contributed by atoms with van der Waals surface area (Å²) in [5.74, 6) is 2.48. The van der Waals surface area contributed by atoms with Gasteiger partial charge in [-0.05, 0) is 37.0 Å². The van der Waals surface area contributed by atoms with Gasteiger partial charge in [-0.15, -0.1) is 10.2 Å². The zero-order chi connectivity index (χ0) is 14.4. The van der Waals surface area contributed by atoms with Crippen molar-refractivity contribution in [1.29, 1.82) is 0 Å². The van der Waals surface area contributed by atoms with Crippen molar-refractivity contribution in [1.82, 2.24) is 19.7 Å². The number of hydrogen-bond acceptors (Lipinski definition) is 3. The predicted octanol–water partition coefficient (Wildman–Crippen LogP) is 2.10. The summed E-state index contributed by atoms with van der Waals surface area (Å²) in [5, 5.41) is 8.42. The molecular weight excluding hydrogens is 264 g/mol. The van der Waals surface area contributed by atoms with Gasteiger partial charge in [0.2, 0.25) is 5.91 Å². The fraction of sp³-hybridized carbons (Fsp3) is 0.812. The standard InChI is InChI=1S/C16H24N4O/c1-19-11-17-18-15(19)13-9-20(14(21)8-12-4-5-12)10-16(13)6-2-3-7-16/h11-13H,2-10H2,1H3. The molecule has 1 spiro atoms. The third-order valence-corrected chi connectivity index (χ3v) is 5.82. The largest absolute Gasteiger partial charge is 0.341 e. The van der Waals surface area contributed by atoms with E-state index in [-0.39, 0.29) is 5.41 Å². The lowest BCUT2D eigenvalue weighted by atomic mass is 9.76. The molecule has 0 bridgehead atoms. The molecular formula is C16H24N4O. The first-order valence-electron chi connectivity index (χ1n) is 8.30. The van der Waals surface area contributed by atoms with E-state index in [1.165, 1.54) is 38.5 Å². The summed E-state index contributed by atoms with van der Waals surface area (Å²) in [6.45, 7) is 1.79. The van der Waals surface area contributed by atoms with Crippen LogP contribution in [-0.2, 0) is 11.8 Å². The van der Waals surface area contributed by atoms with Crippen LogP contribution in [0.3, 0.4) is 0 Å². The Morgan fingerprint density at radius 2 is 2.14 bits per heavy atom. The number of amides is 1. The molecule has 1 aromatic rings. The number of carbonyl (C=O) groups excluding carboxylic acids is 1. The second-order valence-electron chi connectivity index (χ2n) is 7.34. The summed E-state index contributed by atoms with van der Waals surface area (Å²) >= 11 is 0. The smallest absolute Gasteiger partial charge is 0.222 e. The van der Waals surface area contributed by atoms with Crippen molar-refractivity contribution in [2.24, 2.45) is 18.4 Å². The van der Waals surface area contributed by atoms with E-state index in [0.29, 0.717) is 17.7 Å². The van der Waals surface area contributed by atoms with Crippen LogP contribution in [0.15, 0.2) is 6.33 Å². The topological polar surface area (TPSA) is 51.0 Å². The third kappa shape index (κ3) is 2.27. The molecule has 3 aliphatic rings. The van der Waals surface area contributed by atoms with Gasteiger partial charge in [-0.1, -0.05) is 12.8 Å². The van der Waals surface area contributed by atoms with Gasteiger partial charge in [0.25, 0.3) is 0 Å². The monoisotopic (exact) mass is 288 g/mol. The lowest BCUT2D eigenvalue weighted by Gasteiger charge is -2.28. The molecule has 0 aromatic carbocycles. The van der Waals surface area contributed by atoms with Gasteiger partial charge in [0.15, 0.2) is 0 Å². The van der Waals surface area contributed by atoms with E-state index >= 15 is 0 Å². The Hall–Kier alpha value is -1.39. The van der Waals surface area contributed by atoms with E-state index in [1.807, 2.05) is 11.6 Å². The average Bonchev–Trinajstić information content (AvgIpc) is 2.90. The van der Waals surface area contributed by atoms with Crippen molar-refractivity contribution in [2.45, 2.75) is 50.9 Å². The van der Waals surface area contributed by atoms with Crippen LogP contribution in [0.5, 0.6) is 0 Å². The maximum absolute atomic E-state index is 12.5. The molecule has 2 saturated carbocycles. The molecule has 21 heavy (non-hydrogen) atoms. The summed E-state index contributed by atoms with van der Waals surface area (Å²) in [5.41, 5.74) is 0.264. The Morgan fingerprint density at radius 1 is 1.38 bits per heavy atom. The van der Waals surface area contributed by atoms with Gasteiger partial charge >= 0.3 is 0 Å². The highest BCUT2D eigenvalue weighted by molar-refractivity contribution is 5.77. The Morgan fingerprint density at radius 3 is 2.76 bits per heavy atom. The maximum atomic E-state index is 12.5. The molecule has 1 amide bonds. The van der Waals surface area contributed by atoms with Crippen molar-refractivity contribution < 1.29 is 4.79 Å². The summed E-state index contributed by atoms with van der Waals surface area (Å²) in [7, 11) is 2.02. The summed E-state index contributed by atoms with van der Waals surface area (Å²) in [6, 6.07) is 0. The molecule has 1 saturated heterocycles. The van der Waals surface area contributed by atoms with Crippen molar-refractivity contribution >= 4 is 5.91 Å². The molecule has 5 nitrogen and oxygen atoms in total. The molecule has 1 unspecified atom stereocenters. The third-order valence-electron chi connectivity index (χ3n) is 5.82. The second-order valence-corrected chi connectivity index (χ2v) is 7.34. The number of carbonyl (C=O) groups is 1. The highest BCUT2D eigenvalue weighted by atomic mass is 16.2. The molecule has 1 atom stereocenters. The first-order valence-corrected chi connectivity index (χ1v) is 8.30. The van der Waals surface area contributed by atoms with Gasteiger partial charge in [0.1, 0.15) is 12.2 Å². The van der Waals surface area contributed by atoms with Crippen molar-refractivity contribution in [3.63, 3.8) is 0 Å². The number of aryl methyl sites for hydroxylation is 1. The normalized spacial score (nSPS) is 27.7. The summed E-state index contributed by atoms with van der Waals surface area (Å²) < 4.78 is 2.04. The zero-order valence-corrected chi connectivity index (χ0v) is 12.8. The predicted molar refractivity (Wildman–Crippen MR) is 78.6 cm³/mol. The summed E-state index contributed by atoms with van der Waals surface area (Å²) in [6.07, 6.45) is 10.1. The molecule has 2 aliphatic carbocycles. The van der Waals surface area contributed by atoms with Gasteiger partial charge in [0, 0.05) is 32.5 Å². The minimum Gasteiger partial charge on any atom is -0.341 e. The fourth-order valence-corrected chi connectivity index (χ4v) is 4.41. The number of hydrogen-bond donors (Lipinski definition) is 0. The van der Waals surface area contributed by atoms with Crippen molar-refractivity contribution in [2.75, 3.05) is 13.1 Å². The van der Waals surface area contributed by atoms with E-state index in [1.54, 1.807) is 6.33 Å². The molecule has 4 rings (SSSR count). The van der Waals surface area contributed by atoms with E-state index in [0.717, 1.165) is 25.3 Å². The molecule has 0 N–H and O–H groups in total. The Balaban J connectivity index is 1.58. The van der Waals surface area contributed by atoms with E-state index in [2.05, 4.69) is 15.1 Å². The average molecular weight is 288 g/mol. The first kappa shape index (κ1) is 13.3. The van der Waals surface area contributed by atoms with E-state index in [9.17, 15) is 4.79 Å². The first-order chi connectivity index (χ1) is 10.2. The minimum absolute atomic E-state index is 0.264. The van der Waals surface area contributed by atoms with Crippen LogP contribution < -0.4 is 0 Å². The second kappa shape index (κ2) is 4.82. The molecule has 114 valence electrons. The van der Waals surface area contributed by atoms with Gasteiger partial charge < -0.3 is 9.47 Å². The molecule has 1 aliphatic heterocycles. The molecule has 0 radical (unpaired) electrons. The van der Waals surface area contributed by atoms with Crippen molar-refractivity contribution in [3.8, 4) is 0 Å². The van der Waals surface area contributed by atoms with Gasteiger partial charge in [-0.25, -0.2) is 0 Å². The highest BCUT2D eigenvalue weighted by Gasteiger charge is 2.51. The Bertz CT molecular complexity index is 542. The van der Waals surface area contributed by atoms with Gasteiger partial charge in [0.05, 0.1) is 0 Å². The Kier molecular flexibility index (Phi) is 3.05. The maximum Gasteiger partial charge on any atom is 0.222 e. The lowest BCUT2D eigenvalue weighted by Crippen LogP contribution is -2.31. The fourth-order valence-electron chi connectivity index (χ4n) is 4.41. The SMILES string of the molecule is Cn1cnnc1C1CN(C(=O)CC2CC2)CC12CCCC2. The quantitative estimate of drug-likeness (QED) is 0.856. The van der Waals surface area contributed by atoms with E-state index < -0.39 is 0 Å². The van der Waals surface area contributed by atoms with Crippen LogP contribution in [0.1, 0.15) is 56.7 Å². The van der Waals surface area contributed by atoms with Gasteiger partial charge in [-0.3, -0.25) is 4.79 Å². The van der Waals surface area contributed by atoms with Crippen LogP contribution in [0.25, 0.3) is 0 Å². The number of likely N-dealkylation sites (tertiary alicyclic amines) is 1. The van der Waals surface area contributed by atoms with E-state index in [4.69, 9.17) is 0 Å². The lowest BCUT2D eigenvalue weighted by molar-refractivity contribution is -0.130. The molecule has 2 heterocycles. The zero-order valence-electron chi connectivity index (χ0n) is 12.8. The highest BCUT2D eigenvalue weighted by Crippen LogP contribution is 2.53. The van der Waals surface area contributed by atoms with Crippen molar-refractivity contribution in [3.05, 3.63) is 12.2 Å². The molecule has 5 heteroatoms. The Labute approximate surface area is 125 Å². The minimum atomic E-state index is 0.264. The summed E-state index contributed by atoms with van der Waals surface area (Å²) in [4.78, 5) is 14.6. The van der Waals surface area contributed by atoms with Gasteiger partial charge in [-0.2, -0.15) is 0 Å². The van der Waals surface area contributed by atoms with Crippen LogP contribution in [0.2, 0.25) is 0 Å². The number of nitrogens with zero attached hydrogens (tertiary/aromatic N) is 4.